The van der Waals surface area contributed by atoms with E-state index < -0.39 is 29.1 Å². The molecule has 2 amide bonds. The second kappa shape index (κ2) is 13.8. The maximum absolute atomic E-state index is 13.8. The average molecular weight is 642 g/mol. The van der Waals surface area contributed by atoms with Gasteiger partial charge in [0.1, 0.15) is 5.41 Å². The molecule has 4 aromatic rings. The van der Waals surface area contributed by atoms with Crippen molar-refractivity contribution >= 4 is 11.8 Å². The molecule has 0 radical (unpaired) electrons. The number of carbonyl (C=O) groups excluding carboxylic acids is 2. The van der Waals surface area contributed by atoms with E-state index in [9.17, 15) is 28.0 Å². The topological polar surface area (TPSA) is 76.9 Å². The van der Waals surface area contributed by atoms with Crippen LogP contribution in [0.25, 0.3) is 22.3 Å². The van der Waals surface area contributed by atoms with Crippen LogP contribution in [0.15, 0.2) is 103 Å². The Labute approximate surface area is 272 Å². The maximum atomic E-state index is 13.8. The van der Waals surface area contributed by atoms with Crippen molar-refractivity contribution in [2.45, 2.75) is 49.7 Å². The van der Waals surface area contributed by atoms with Crippen molar-refractivity contribution in [1.82, 2.24) is 10.2 Å². The number of alkyl halides is 3. The van der Waals surface area contributed by atoms with Gasteiger partial charge in [0.05, 0.1) is 0 Å². The Bertz CT molecular complexity index is 1670. The van der Waals surface area contributed by atoms with Gasteiger partial charge >= 0.3 is 12.1 Å². The lowest BCUT2D eigenvalue weighted by Crippen LogP contribution is -3.13. The molecule has 1 saturated heterocycles. The molecule has 0 aromatic heterocycles. The number of likely N-dealkylation sites (tertiary alicyclic amines) is 1. The van der Waals surface area contributed by atoms with Crippen LogP contribution in [0.4, 0.5) is 13.2 Å². The lowest BCUT2D eigenvalue weighted by atomic mass is 9.73. The highest BCUT2D eigenvalue weighted by atomic mass is 19.4. The SMILES string of the molecule is O=C(NC1CCN(CCCCC2(C(=O)[NH+]([O-])CC(F)(F)F)c3ccccc3-c3ccccc32)CC1)c1ccccc1-c1ccccc1. The summed E-state index contributed by atoms with van der Waals surface area (Å²) in [6, 6.07) is 32.0. The largest absolute Gasteiger partial charge is 0.626 e. The maximum Gasteiger partial charge on any atom is 0.438 e. The molecule has 6 rings (SSSR count). The van der Waals surface area contributed by atoms with E-state index in [0.29, 0.717) is 29.5 Å². The van der Waals surface area contributed by atoms with Crippen LogP contribution in [0.2, 0.25) is 0 Å². The zero-order valence-electron chi connectivity index (χ0n) is 26.1. The van der Waals surface area contributed by atoms with Gasteiger partial charge in [0.2, 0.25) is 0 Å². The summed E-state index contributed by atoms with van der Waals surface area (Å²) in [5.41, 5.74) is 3.87. The minimum absolute atomic E-state index is 0.0506. The molecule has 0 saturated carbocycles. The Balaban J connectivity index is 1.08. The van der Waals surface area contributed by atoms with Gasteiger partial charge in [-0.15, -0.1) is 0 Å². The fourth-order valence-corrected chi connectivity index (χ4v) is 7.29. The Morgan fingerprint density at radius 3 is 1.96 bits per heavy atom. The first-order valence-electron chi connectivity index (χ1n) is 16.2. The molecule has 9 heteroatoms. The molecule has 1 aliphatic heterocycles. The molecule has 1 heterocycles. The Morgan fingerprint density at radius 1 is 0.787 bits per heavy atom. The molecule has 0 spiro atoms. The molecule has 2 aliphatic rings. The van der Waals surface area contributed by atoms with E-state index >= 15 is 0 Å². The van der Waals surface area contributed by atoms with Gasteiger partial charge in [0.15, 0.2) is 6.54 Å². The fraction of sp³-hybridized carbons (Fsp3) is 0.316. The molecule has 6 nitrogen and oxygen atoms in total. The zero-order chi connectivity index (χ0) is 33.0. The summed E-state index contributed by atoms with van der Waals surface area (Å²) in [4.78, 5) is 29.4. The molecule has 244 valence electrons. The van der Waals surface area contributed by atoms with E-state index in [1.165, 1.54) is 0 Å². The molecule has 47 heavy (non-hydrogen) atoms. The third-order valence-corrected chi connectivity index (χ3v) is 9.52. The standard InChI is InChI=1S/C38H38F3N3O3/c39-38(40,41)26-44(47)36(46)37(33-18-8-6-15-30(33)31-16-7-9-19-34(31)37)22-10-11-23-43-24-20-28(21-25-43)42-35(45)32-17-5-4-14-29(32)27-12-2-1-3-13-27/h1-9,12-19,28,44H,10-11,20-26H2,(H,42,45). The monoisotopic (exact) mass is 641 g/mol. The van der Waals surface area contributed by atoms with E-state index in [4.69, 9.17) is 0 Å². The molecular formula is C38H38F3N3O3. The van der Waals surface area contributed by atoms with Crippen molar-refractivity contribution in [3.8, 4) is 22.3 Å². The van der Waals surface area contributed by atoms with Crippen molar-refractivity contribution in [2.75, 3.05) is 26.2 Å². The highest BCUT2D eigenvalue weighted by Gasteiger charge is 2.53. The van der Waals surface area contributed by atoms with Gasteiger partial charge in [0, 0.05) is 24.7 Å². The van der Waals surface area contributed by atoms with E-state index in [-0.39, 0.29) is 18.4 Å². The average Bonchev–Trinajstić information content (AvgIpc) is 3.37. The Kier molecular flexibility index (Phi) is 9.59. The number of amides is 2. The van der Waals surface area contributed by atoms with Crippen molar-refractivity contribution in [3.05, 3.63) is 125 Å². The molecule has 1 aliphatic carbocycles. The normalized spacial score (nSPS) is 16.7. The molecule has 1 atom stereocenters. The van der Waals surface area contributed by atoms with Crippen LogP contribution in [-0.4, -0.2) is 55.1 Å². The lowest BCUT2D eigenvalue weighted by molar-refractivity contribution is -0.782. The quantitative estimate of drug-likeness (QED) is 0.161. The minimum Gasteiger partial charge on any atom is -0.626 e. The number of hydroxylamine groups is 2. The van der Waals surface area contributed by atoms with Gasteiger partial charge in [0.25, 0.3) is 5.91 Å². The first kappa shape index (κ1) is 32.6. The summed E-state index contributed by atoms with van der Waals surface area (Å²) in [7, 11) is 0. The Morgan fingerprint density at radius 2 is 1.34 bits per heavy atom. The summed E-state index contributed by atoms with van der Waals surface area (Å²) in [5.74, 6) is -1.08. The molecule has 1 fully saturated rings. The van der Waals surface area contributed by atoms with Gasteiger partial charge in [-0.1, -0.05) is 103 Å². The predicted octanol–water partition coefficient (Wildman–Crippen LogP) is 6.16. The predicted molar refractivity (Wildman–Crippen MR) is 176 cm³/mol. The van der Waals surface area contributed by atoms with Crippen LogP contribution in [-0.2, 0) is 10.2 Å². The van der Waals surface area contributed by atoms with Gasteiger partial charge < -0.3 is 20.5 Å². The van der Waals surface area contributed by atoms with Crippen LogP contribution >= 0.6 is 0 Å². The number of nitrogens with one attached hydrogen (secondary N) is 2. The van der Waals surface area contributed by atoms with Crippen LogP contribution in [0.1, 0.15) is 53.6 Å². The molecule has 0 bridgehead atoms. The third kappa shape index (κ3) is 6.88. The minimum atomic E-state index is -4.76. The van der Waals surface area contributed by atoms with Gasteiger partial charge in [-0.3, -0.25) is 4.79 Å². The number of hydrogen-bond donors (Lipinski definition) is 2. The summed E-state index contributed by atoms with van der Waals surface area (Å²) in [6.45, 7) is 0.582. The third-order valence-electron chi connectivity index (χ3n) is 9.52. The van der Waals surface area contributed by atoms with Gasteiger partial charge in [-0.05, 0) is 71.7 Å². The lowest BCUT2D eigenvalue weighted by Gasteiger charge is -2.35. The first-order chi connectivity index (χ1) is 22.7. The number of nitrogens with zero attached hydrogens (tertiary/aromatic N) is 1. The van der Waals surface area contributed by atoms with Crippen molar-refractivity contribution in [1.29, 1.82) is 0 Å². The number of halogens is 3. The van der Waals surface area contributed by atoms with Crippen LogP contribution < -0.4 is 10.4 Å². The van der Waals surface area contributed by atoms with Crippen LogP contribution in [0, 0.1) is 5.21 Å². The van der Waals surface area contributed by atoms with Crippen molar-refractivity contribution in [3.63, 3.8) is 0 Å². The number of quaternary nitrogens is 1. The molecule has 2 N–H and O–H groups in total. The molecular weight excluding hydrogens is 603 g/mol. The fourth-order valence-electron chi connectivity index (χ4n) is 7.29. The van der Waals surface area contributed by atoms with Crippen molar-refractivity contribution < 1.29 is 27.8 Å². The van der Waals surface area contributed by atoms with E-state index in [2.05, 4.69) is 10.2 Å². The number of piperidine rings is 1. The number of carbonyl (C=O) groups is 2. The first-order valence-corrected chi connectivity index (χ1v) is 16.2. The van der Waals surface area contributed by atoms with Crippen LogP contribution in [0.5, 0.6) is 0 Å². The van der Waals surface area contributed by atoms with Crippen molar-refractivity contribution in [2.24, 2.45) is 0 Å². The molecule has 4 aromatic carbocycles. The molecule has 1 unspecified atom stereocenters. The summed E-state index contributed by atoms with van der Waals surface area (Å²) < 4.78 is 39.8. The number of unbranched alkanes of at least 4 members (excludes halogenated alkanes) is 1. The Hall–Kier alpha value is -4.31. The summed E-state index contributed by atoms with van der Waals surface area (Å²) in [5, 5.41) is 14.6. The highest BCUT2D eigenvalue weighted by Crippen LogP contribution is 2.51. The number of hydrogen-bond acceptors (Lipinski definition) is 4. The number of fused-ring (bicyclic) bond motifs is 3. The van der Waals surface area contributed by atoms with Gasteiger partial charge in [-0.25, -0.2) is 4.79 Å². The second-order valence-corrected chi connectivity index (χ2v) is 12.5. The van der Waals surface area contributed by atoms with Gasteiger partial charge in [-0.2, -0.15) is 13.2 Å². The smallest absolute Gasteiger partial charge is 0.438 e. The highest BCUT2D eigenvalue weighted by molar-refractivity contribution is 6.01. The van der Waals surface area contributed by atoms with E-state index in [1.807, 2.05) is 78.9 Å². The number of rotatable bonds is 10. The number of benzene rings is 4. The summed E-state index contributed by atoms with van der Waals surface area (Å²) in [6.07, 6.45) is -1.64. The zero-order valence-corrected chi connectivity index (χ0v) is 26.1. The summed E-state index contributed by atoms with van der Waals surface area (Å²) >= 11 is 0. The second-order valence-electron chi connectivity index (χ2n) is 12.5. The van der Waals surface area contributed by atoms with E-state index in [1.54, 1.807) is 24.3 Å². The van der Waals surface area contributed by atoms with E-state index in [0.717, 1.165) is 54.7 Å². The van der Waals surface area contributed by atoms with Crippen LogP contribution in [0.3, 0.4) is 0 Å².